The number of thioether (sulfide) groups is 1. The Bertz CT molecular complexity index is 1370. The molecule has 1 aliphatic heterocycles. The number of ether oxygens (including phenoxy) is 2. The van der Waals surface area contributed by atoms with Gasteiger partial charge < -0.3 is 14.8 Å². The van der Waals surface area contributed by atoms with Gasteiger partial charge >= 0.3 is 0 Å². The summed E-state index contributed by atoms with van der Waals surface area (Å²) in [5, 5.41) is 2.88. The molecule has 0 saturated carbocycles. The summed E-state index contributed by atoms with van der Waals surface area (Å²) in [6.07, 6.45) is 1.62. The fraction of sp³-hybridized carbons (Fsp3) is 0.148. The van der Waals surface area contributed by atoms with E-state index in [9.17, 15) is 14.4 Å². The lowest BCUT2D eigenvalue weighted by Crippen LogP contribution is -2.27. The van der Waals surface area contributed by atoms with Crippen molar-refractivity contribution in [3.8, 4) is 11.5 Å². The molecule has 0 aromatic heterocycles. The average molecular weight is 602 g/mol. The lowest BCUT2D eigenvalue weighted by Gasteiger charge is -2.15. The Morgan fingerprint density at radius 3 is 2.54 bits per heavy atom. The molecule has 3 amide bonds. The zero-order valence-corrected chi connectivity index (χ0v) is 22.9. The molecule has 0 atom stereocenters. The number of imide groups is 1. The van der Waals surface area contributed by atoms with Gasteiger partial charge in [0.05, 0.1) is 22.5 Å². The van der Waals surface area contributed by atoms with Crippen molar-refractivity contribution in [1.82, 2.24) is 4.90 Å². The number of amides is 3. The van der Waals surface area contributed by atoms with Gasteiger partial charge in [0.2, 0.25) is 0 Å². The highest BCUT2D eigenvalue weighted by atomic mass is 79.9. The van der Waals surface area contributed by atoms with E-state index >= 15 is 0 Å². The lowest BCUT2D eigenvalue weighted by molar-refractivity contribution is -0.123. The molecule has 0 spiro atoms. The van der Waals surface area contributed by atoms with Crippen LogP contribution in [-0.2, 0) is 16.1 Å². The van der Waals surface area contributed by atoms with Gasteiger partial charge in [-0.2, -0.15) is 0 Å². The Morgan fingerprint density at radius 2 is 1.81 bits per heavy atom. The van der Waals surface area contributed by atoms with Gasteiger partial charge in [-0.15, -0.1) is 0 Å². The smallest absolute Gasteiger partial charge is 0.293 e. The zero-order chi connectivity index (χ0) is 26.4. The normalized spacial score (nSPS) is 14.2. The molecule has 4 rings (SSSR count). The molecule has 0 aliphatic carbocycles. The van der Waals surface area contributed by atoms with Crippen molar-refractivity contribution in [2.75, 3.05) is 18.5 Å². The van der Waals surface area contributed by atoms with Crippen LogP contribution in [0.1, 0.15) is 18.1 Å². The van der Waals surface area contributed by atoms with Crippen LogP contribution < -0.4 is 14.8 Å². The largest absolute Gasteiger partial charge is 0.490 e. The molecule has 0 radical (unpaired) electrons. The minimum atomic E-state index is -0.401. The Hall–Kier alpha value is -3.27. The Labute approximate surface area is 231 Å². The van der Waals surface area contributed by atoms with Crippen LogP contribution >= 0.6 is 39.3 Å². The van der Waals surface area contributed by atoms with E-state index in [4.69, 9.17) is 21.1 Å². The fourth-order valence-corrected chi connectivity index (χ4v) is 5.12. The molecule has 1 aliphatic rings. The van der Waals surface area contributed by atoms with Gasteiger partial charge in [-0.3, -0.25) is 19.3 Å². The standard InChI is InChI=1S/C27H22BrClN2O5S/c1-2-35-22-13-17(12-20(28)25(22)36-16-24(32)30-19-9-4-3-5-10-19)14-23-26(33)31(27(34)37-23)15-18-8-6-7-11-21(18)29/h3-14H,2,15-16H2,1H3,(H,30,32)/b23-14-. The number of nitrogens with one attached hydrogen (secondary N) is 1. The molecule has 1 saturated heterocycles. The molecular weight excluding hydrogens is 580 g/mol. The molecule has 190 valence electrons. The van der Waals surface area contributed by atoms with Crippen molar-refractivity contribution in [3.63, 3.8) is 0 Å². The van der Waals surface area contributed by atoms with Gasteiger partial charge in [-0.25, -0.2) is 0 Å². The van der Waals surface area contributed by atoms with Crippen LogP contribution in [0.4, 0.5) is 10.5 Å². The van der Waals surface area contributed by atoms with E-state index in [1.807, 2.05) is 25.1 Å². The second-order valence-corrected chi connectivity index (χ2v) is 10.1. The number of carbonyl (C=O) groups is 3. The molecule has 1 N–H and O–H groups in total. The second-order valence-electron chi connectivity index (χ2n) is 7.83. The number of rotatable bonds is 9. The molecule has 0 bridgehead atoms. The third kappa shape index (κ3) is 6.74. The van der Waals surface area contributed by atoms with Crippen molar-refractivity contribution < 1.29 is 23.9 Å². The van der Waals surface area contributed by atoms with E-state index < -0.39 is 5.91 Å². The van der Waals surface area contributed by atoms with Crippen molar-refractivity contribution >= 4 is 68.1 Å². The molecule has 3 aromatic carbocycles. The van der Waals surface area contributed by atoms with E-state index in [2.05, 4.69) is 21.2 Å². The van der Waals surface area contributed by atoms with Crippen molar-refractivity contribution in [3.05, 3.63) is 92.3 Å². The first-order valence-electron chi connectivity index (χ1n) is 11.3. The highest BCUT2D eigenvalue weighted by Crippen LogP contribution is 2.39. The van der Waals surface area contributed by atoms with Gasteiger partial charge in [-0.05, 0) is 82.2 Å². The summed E-state index contributed by atoms with van der Waals surface area (Å²) in [5.74, 6) is 0.0266. The third-order valence-electron chi connectivity index (χ3n) is 5.19. The number of hydrogen-bond acceptors (Lipinski definition) is 6. The summed E-state index contributed by atoms with van der Waals surface area (Å²) < 4.78 is 12.0. The van der Waals surface area contributed by atoms with Crippen LogP contribution in [-0.4, -0.2) is 35.2 Å². The summed E-state index contributed by atoms with van der Waals surface area (Å²) in [6, 6.07) is 19.6. The fourth-order valence-electron chi connectivity index (χ4n) is 3.52. The number of nitrogens with zero attached hydrogens (tertiary/aromatic N) is 1. The Kier molecular flexibility index (Phi) is 8.91. The van der Waals surface area contributed by atoms with E-state index in [1.165, 1.54) is 4.90 Å². The summed E-state index contributed by atoms with van der Waals surface area (Å²) in [4.78, 5) is 39.3. The quantitative estimate of drug-likeness (QED) is 0.273. The molecule has 0 unspecified atom stereocenters. The maximum atomic E-state index is 13.0. The van der Waals surface area contributed by atoms with Gasteiger partial charge in [0.25, 0.3) is 17.1 Å². The number of carbonyl (C=O) groups excluding carboxylic acids is 3. The average Bonchev–Trinajstić information content (AvgIpc) is 3.13. The molecule has 1 heterocycles. The second kappa shape index (κ2) is 12.3. The van der Waals surface area contributed by atoms with Crippen LogP contribution in [0.3, 0.4) is 0 Å². The Balaban J connectivity index is 1.50. The molecule has 3 aromatic rings. The van der Waals surface area contributed by atoms with E-state index in [0.29, 0.717) is 44.4 Å². The van der Waals surface area contributed by atoms with Crippen molar-refractivity contribution in [2.24, 2.45) is 0 Å². The summed E-state index contributed by atoms with van der Waals surface area (Å²) in [7, 11) is 0. The van der Waals surface area contributed by atoms with Crippen LogP contribution in [0.5, 0.6) is 11.5 Å². The van der Waals surface area contributed by atoms with Gasteiger partial charge in [0.1, 0.15) is 0 Å². The predicted octanol–water partition coefficient (Wildman–Crippen LogP) is 6.76. The van der Waals surface area contributed by atoms with Crippen molar-refractivity contribution in [2.45, 2.75) is 13.5 Å². The summed E-state index contributed by atoms with van der Waals surface area (Å²) >= 11 is 10.5. The monoisotopic (exact) mass is 600 g/mol. The van der Waals surface area contributed by atoms with Crippen LogP contribution in [0.15, 0.2) is 76.1 Å². The number of halogens is 2. The maximum absolute atomic E-state index is 13.0. The van der Waals surface area contributed by atoms with Gasteiger partial charge in [-0.1, -0.05) is 48.0 Å². The Morgan fingerprint density at radius 1 is 1.08 bits per heavy atom. The molecule has 37 heavy (non-hydrogen) atoms. The number of para-hydroxylation sites is 1. The summed E-state index contributed by atoms with van der Waals surface area (Å²) in [6.45, 7) is 2.05. The number of benzene rings is 3. The van der Waals surface area contributed by atoms with Crippen LogP contribution in [0.2, 0.25) is 5.02 Å². The number of anilines is 1. The first-order chi connectivity index (χ1) is 17.9. The van der Waals surface area contributed by atoms with Crippen molar-refractivity contribution in [1.29, 1.82) is 0 Å². The highest BCUT2D eigenvalue weighted by Gasteiger charge is 2.35. The van der Waals surface area contributed by atoms with Crippen LogP contribution in [0.25, 0.3) is 6.08 Å². The molecule has 10 heteroatoms. The van der Waals surface area contributed by atoms with E-state index in [0.717, 1.165) is 11.8 Å². The minimum absolute atomic E-state index is 0.0907. The zero-order valence-electron chi connectivity index (χ0n) is 19.7. The van der Waals surface area contributed by atoms with E-state index in [1.54, 1.807) is 54.6 Å². The highest BCUT2D eigenvalue weighted by molar-refractivity contribution is 9.10. The third-order valence-corrected chi connectivity index (χ3v) is 7.06. The first kappa shape index (κ1) is 26.8. The predicted molar refractivity (Wildman–Crippen MR) is 149 cm³/mol. The van der Waals surface area contributed by atoms with E-state index in [-0.39, 0.29) is 29.2 Å². The maximum Gasteiger partial charge on any atom is 0.293 e. The van der Waals surface area contributed by atoms with Gasteiger partial charge in [0.15, 0.2) is 18.1 Å². The molecule has 7 nitrogen and oxygen atoms in total. The van der Waals surface area contributed by atoms with Gasteiger partial charge in [0, 0.05) is 10.7 Å². The molecular formula is C27H22BrClN2O5S. The topological polar surface area (TPSA) is 84.9 Å². The molecule has 1 fully saturated rings. The minimum Gasteiger partial charge on any atom is -0.490 e. The number of hydrogen-bond donors (Lipinski definition) is 1. The summed E-state index contributed by atoms with van der Waals surface area (Å²) in [5.41, 5.74) is 1.98. The SMILES string of the molecule is CCOc1cc(/C=C2\SC(=O)N(Cc3ccccc3Cl)C2=O)cc(Br)c1OCC(=O)Nc1ccccc1. The first-order valence-corrected chi connectivity index (χ1v) is 13.3. The lowest BCUT2D eigenvalue weighted by atomic mass is 10.1. The van der Waals surface area contributed by atoms with Crippen LogP contribution in [0, 0.1) is 0 Å².